The van der Waals surface area contributed by atoms with Crippen LogP contribution in [0.15, 0.2) is 41.4 Å². The molecule has 6 heteroatoms. The molecule has 0 heterocycles. The van der Waals surface area contributed by atoms with E-state index in [-0.39, 0.29) is 29.9 Å². The summed E-state index contributed by atoms with van der Waals surface area (Å²) in [4.78, 5) is 16.0. The van der Waals surface area contributed by atoms with Crippen LogP contribution in [0.4, 0.5) is 0 Å². The van der Waals surface area contributed by atoms with Gasteiger partial charge in [0.05, 0.1) is 12.7 Å². The molecule has 132 valence electrons. The van der Waals surface area contributed by atoms with Crippen molar-refractivity contribution in [2.75, 3.05) is 20.2 Å². The van der Waals surface area contributed by atoms with Gasteiger partial charge in [-0.25, -0.2) is 4.79 Å². The number of ether oxygens (including phenoxy) is 1. The Kier molecular flexibility index (Phi) is 9.44. The minimum absolute atomic E-state index is 0. The highest BCUT2D eigenvalue weighted by Crippen LogP contribution is 2.09. The highest BCUT2D eigenvalue weighted by atomic mass is 127. The Hall–Kier alpha value is -1.57. The van der Waals surface area contributed by atoms with Crippen molar-refractivity contribution >= 4 is 35.9 Å². The van der Waals surface area contributed by atoms with Gasteiger partial charge in [0.2, 0.25) is 0 Å². The summed E-state index contributed by atoms with van der Waals surface area (Å²) in [6.45, 7) is 3.61. The summed E-state index contributed by atoms with van der Waals surface area (Å²) in [6, 6.07) is 7.93. The van der Waals surface area contributed by atoms with Crippen molar-refractivity contribution in [2.45, 2.75) is 32.2 Å². The number of aliphatic imine (C=N–C) groups is 1. The van der Waals surface area contributed by atoms with Gasteiger partial charge in [-0.1, -0.05) is 24.3 Å². The molecule has 24 heavy (non-hydrogen) atoms. The first kappa shape index (κ1) is 20.5. The van der Waals surface area contributed by atoms with Crippen molar-refractivity contribution < 1.29 is 9.53 Å². The molecule has 0 aliphatic heterocycles. The third-order valence-electron chi connectivity index (χ3n) is 3.74. The monoisotopic (exact) mass is 443 g/mol. The number of nitrogens with one attached hydrogen (secondary N) is 2. The molecule has 1 aromatic carbocycles. The summed E-state index contributed by atoms with van der Waals surface area (Å²) < 4.78 is 4.70. The van der Waals surface area contributed by atoms with Crippen molar-refractivity contribution in [2.24, 2.45) is 4.99 Å². The molecule has 0 saturated carbocycles. The maximum atomic E-state index is 11.4. The largest absolute Gasteiger partial charge is 0.465 e. The van der Waals surface area contributed by atoms with Crippen LogP contribution >= 0.6 is 24.0 Å². The van der Waals surface area contributed by atoms with E-state index in [4.69, 9.17) is 4.74 Å². The van der Waals surface area contributed by atoms with E-state index in [9.17, 15) is 4.79 Å². The quantitative estimate of drug-likeness (QED) is 0.233. The molecule has 0 unspecified atom stereocenters. The number of methoxy groups -OCH3 is 1. The Bertz CT molecular complexity index is 562. The third kappa shape index (κ3) is 6.51. The van der Waals surface area contributed by atoms with Gasteiger partial charge in [-0.05, 0) is 43.9 Å². The molecule has 0 amide bonds. The number of halogens is 1. The zero-order valence-corrected chi connectivity index (χ0v) is 16.6. The van der Waals surface area contributed by atoms with Crippen LogP contribution in [-0.4, -0.2) is 38.2 Å². The van der Waals surface area contributed by atoms with Gasteiger partial charge in [0.1, 0.15) is 0 Å². The maximum absolute atomic E-state index is 11.4. The molecule has 1 aliphatic carbocycles. The zero-order chi connectivity index (χ0) is 16.5. The van der Waals surface area contributed by atoms with Crippen LogP contribution in [0, 0.1) is 0 Å². The second-order valence-electron chi connectivity index (χ2n) is 5.48. The lowest BCUT2D eigenvalue weighted by atomic mass is 10.1. The topological polar surface area (TPSA) is 62.7 Å². The lowest BCUT2D eigenvalue weighted by Gasteiger charge is -2.16. The number of nitrogens with zero attached hydrogens (tertiary/aromatic N) is 1. The molecule has 2 N–H and O–H groups in total. The van der Waals surface area contributed by atoms with Crippen LogP contribution in [0.2, 0.25) is 0 Å². The number of guanidine groups is 1. The minimum Gasteiger partial charge on any atom is -0.465 e. The van der Waals surface area contributed by atoms with Crippen LogP contribution in [0.25, 0.3) is 0 Å². The average Bonchev–Trinajstić information content (AvgIpc) is 3.08. The van der Waals surface area contributed by atoms with Crippen molar-refractivity contribution in [3.05, 3.63) is 47.5 Å². The summed E-state index contributed by atoms with van der Waals surface area (Å²) in [5.74, 6) is 0.561. The Morgan fingerprint density at radius 1 is 1.25 bits per heavy atom. The first-order valence-corrected chi connectivity index (χ1v) is 8.10. The highest BCUT2D eigenvalue weighted by molar-refractivity contribution is 14.0. The van der Waals surface area contributed by atoms with E-state index < -0.39 is 0 Å². The van der Waals surface area contributed by atoms with Crippen molar-refractivity contribution in [3.8, 4) is 0 Å². The van der Waals surface area contributed by atoms with Crippen LogP contribution in [0.3, 0.4) is 0 Å². The van der Waals surface area contributed by atoms with Gasteiger partial charge in [0, 0.05) is 19.1 Å². The number of benzene rings is 1. The number of carbonyl (C=O) groups excluding carboxylic acids is 1. The van der Waals surface area contributed by atoms with Crippen LogP contribution < -0.4 is 10.6 Å². The summed E-state index contributed by atoms with van der Waals surface area (Å²) >= 11 is 0. The second kappa shape index (κ2) is 11.1. The number of rotatable bonds is 6. The fourth-order valence-corrected chi connectivity index (χ4v) is 2.47. The maximum Gasteiger partial charge on any atom is 0.337 e. The molecule has 1 aliphatic rings. The van der Waals surface area contributed by atoms with Crippen LogP contribution in [-0.2, 0) is 11.2 Å². The molecule has 2 rings (SSSR count). The number of hydrogen-bond acceptors (Lipinski definition) is 3. The first-order valence-electron chi connectivity index (χ1n) is 8.10. The average molecular weight is 443 g/mol. The summed E-state index contributed by atoms with van der Waals surface area (Å²) in [7, 11) is 1.39. The van der Waals surface area contributed by atoms with Gasteiger partial charge in [-0.2, -0.15) is 0 Å². The van der Waals surface area contributed by atoms with E-state index in [0.717, 1.165) is 37.3 Å². The number of esters is 1. The predicted octanol–water partition coefficient (Wildman–Crippen LogP) is 2.91. The van der Waals surface area contributed by atoms with E-state index in [2.05, 4.69) is 34.7 Å². The normalized spacial score (nSPS) is 14.2. The smallest absolute Gasteiger partial charge is 0.337 e. The van der Waals surface area contributed by atoms with Crippen LogP contribution in [0.1, 0.15) is 35.7 Å². The molecule has 0 bridgehead atoms. The fraction of sp³-hybridized carbons (Fsp3) is 0.444. The molecule has 0 saturated heterocycles. The van der Waals surface area contributed by atoms with Crippen molar-refractivity contribution in [3.63, 3.8) is 0 Å². The van der Waals surface area contributed by atoms with Gasteiger partial charge >= 0.3 is 5.97 Å². The molecule has 1 aromatic rings. The number of carbonyl (C=O) groups is 1. The Morgan fingerprint density at radius 3 is 2.50 bits per heavy atom. The lowest BCUT2D eigenvalue weighted by molar-refractivity contribution is 0.0600. The van der Waals surface area contributed by atoms with E-state index >= 15 is 0 Å². The molecule has 0 atom stereocenters. The van der Waals surface area contributed by atoms with Gasteiger partial charge in [-0.3, -0.25) is 4.99 Å². The van der Waals surface area contributed by atoms with E-state index in [1.54, 1.807) is 12.1 Å². The summed E-state index contributed by atoms with van der Waals surface area (Å²) in [5, 5.41) is 6.73. The molecule has 0 spiro atoms. The summed E-state index contributed by atoms with van der Waals surface area (Å²) in [6.07, 6.45) is 7.34. The van der Waals surface area contributed by atoms with Gasteiger partial charge in [-0.15, -0.1) is 24.0 Å². The van der Waals surface area contributed by atoms with Gasteiger partial charge in [0.15, 0.2) is 5.96 Å². The third-order valence-corrected chi connectivity index (χ3v) is 3.74. The van der Waals surface area contributed by atoms with Gasteiger partial charge in [0.25, 0.3) is 0 Å². The first-order chi connectivity index (χ1) is 11.2. The van der Waals surface area contributed by atoms with Gasteiger partial charge < -0.3 is 15.4 Å². The SMILES string of the molecule is CCNC(=NCCc1ccc(C(=O)OC)cc1)NC1CC=CC1.I. The standard InChI is InChI=1S/C18H25N3O2.HI/c1-3-19-18(21-16-6-4-5-7-16)20-13-12-14-8-10-15(11-9-14)17(22)23-2;/h4-5,8-11,16H,3,6-7,12-13H2,1-2H3,(H2,19,20,21);1H. The van der Waals surface area contributed by atoms with E-state index in [1.165, 1.54) is 7.11 Å². The van der Waals surface area contributed by atoms with Crippen molar-refractivity contribution in [1.29, 1.82) is 0 Å². The summed E-state index contributed by atoms with van der Waals surface area (Å²) in [5.41, 5.74) is 1.73. The predicted molar refractivity (Wildman–Crippen MR) is 108 cm³/mol. The van der Waals surface area contributed by atoms with E-state index in [0.29, 0.717) is 18.2 Å². The lowest BCUT2D eigenvalue weighted by Crippen LogP contribution is -2.42. The molecular formula is C18H26IN3O2. The Morgan fingerprint density at radius 2 is 1.92 bits per heavy atom. The fourth-order valence-electron chi connectivity index (χ4n) is 2.47. The number of hydrogen-bond donors (Lipinski definition) is 2. The Labute approximate surface area is 161 Å². The molecule has 5 nitrogen and oxygen atoms in total. The molecular weight excluding hydrogens is 417 g/mol. The van der Waals surface area contributed by atoms with Crippen molar-refractivity contribution in [1.82, 2.24) is 10.6 Å². The second-order valence-corrected chi connectivity index (χ2v) is 5.48. The Balaban J connectivity index is 0.00000288. The van der Waals surface area contributed by atoms with Crippen LogP contribution in [0.5, 0.6) is 0 Å². The minimum atomic E-state index is -0.307. The molecule has 0 aromatic heterocycles. The highest BCUT2D eigenvalue weighted by Gasteiger charge is 2.11. The molecule has 0 fully saturated rings. The zero-order valence-electron chi connectivity index (χ0n) is 14.2. The van der Waals surface area contributed by atoms with E-state index in [1.807, 2.05) is 12.1 Å². The molecule has 0 radical (unpaired) electrons.